The Morgan fingerprint density at radius 1 is 0.848 bits per heavy atom. The summed E-state index contributed by atoms with van der Waals surface area (Å²) in [5.41, 5.74) is 3.74. The van der Waals surface area contributed by atoms with Gasteiger partial charge in [-0.2, -0.15) is 0 Å². The Morgan fingerprint density at radius 3 is 2.09 bits per heavy atom. The predicted octanol–water partition coefficient (Wildman–Crippen LogP) is 3.26. The topological polar surface area (TPSA) is 58.0 Å². The van der Waals surface area contributed by atoms with Crippen LogP contribution >= 0.6 is 0 Å². The zero-order valence-electron chi connectivity index (χ0n) is 20.2. The monoisotopic (exact) mass is 452 g/mol. The summed E-state index contributed by atoms with van der Waals surface area (Å²) in [5.74, 6) is 1.12. The van der Waals surface area contributed by atoms with Crippen molar-refractivity contribution in [1.29, 1.82) is 0 Å². The maximum absolute atomic E-state index is 13.3. The molecule has 2 aliphatic rings. The van der Waals surface area contributed by atoms with Gasteiger partial charge in [0.05, 0.1) is 19.2 Å². The van der Waals surface area contributed by atoms with Gasteiger partial charge in [-0.05, 0) is 57.0 Å². The molecule has 7 heteroatoms. The summed E-state index contributed by atoms with van der Waals surface area (Å²) >= 11 is 0. The highest BCUT2D eigenvalue weighted by molar-refractivity contribution is 5.96. The van der Waals surface area contributed by atoms with Crippen LogP contribution in [0, 0.1) is 13.8 Å². The van der Waals surface area contributed by atoms with E-state index in [0.717, 1.165) is 67.4 Å². The molecular weight excluding hydrogens is 416 g/mol. The Bertz CT molecular complexity index is 966. The maximum Gasteiger partial charge on any atom is 0.255 e. The van der Waals surface area contributed by atoms with Crippen molar-refractivity contribution < 1.29 is 14.3 Å². The summed E-state index contributed by atoms with van der Waals surface area (Å²) in [5, 5.41) is 0. The highest BCUT2D eigenvalue weighted by Crippen LogP contribution is 2.24. The molecule has 4 rings (SSSR count). The zero-order chi connectivity index (χ0) is 23.4. The fourth-order valence-electron chi connectivity index (χ4n) is 5.00. The number of rotatable bonds is 5. The second kappa shape index (κ2) is 10.4. The van der Waals surface area contributed by atoms with Crippen LogP contribution in [0.25, 0.3) is 5.69 Å². The summed E-state index contributed by atoms with van der Waals surface area (Å²) in [4.78, 5) is 32.2. The number of carbonyl (C=O) groups excluding carboxylic acids is 2. The standard InChI is InChI=1S/C26H36N4O3/c1-20-18-24(21(2)30(20)22-8-10-23(33-3)11-9-22)26(32)29-16-14-27(15-17-29)19-25(31)28-12-6-4-5-7-13-28/h8-11,18H,4-7,12-17,19H2,1-3H3. The SMILES string of the molecule is COc1ccc(-n2c(C)cc(C(=O)N3CCN(CC(=O)N4CCCCCC4)CC3)c2C)cc1. The maximum atomic E-state index is 13.3. The zero-order valence-corrected chi connectivity index (χ0v) is 20.2. The van der Waals surface area contributed by atoms with E-state index in [1.54, 1.807) is 7.11 Å². The van der Waals surface area contributed by atoms with E-state index in [1.165, 1.54) is 12.8 Å². The van der Waals surface area contributed by atoms with Gasteiger partial charge in [0.1, 0.15) is 5.75 Å². The Kier molecular flexibility index (Phi) is 7.38. The third kappa shape index (κ3) is 5.24. The minimum Gasteiger partial charge on any atom is -0.497 e. The third-order valence-corrected chi connectivity index (χ3v) is 6.97. The lowest BCUT2D eigenvalue weighted by Gasteiger charge is -2.35. The van der Waals surface area contributed by atoms with E-state index in [0.29, 0.717) is 19.6 Å². The minimum atomic E-state index is 0.0707. The smallest absolute Gasteiger partial charge is 0.255 e. The van der Waals surface area contributed by atoms with E-state index in [9.17, 15) is 9.59 Å². The normalized spacial score (nSPS) is 17.7. The van der Waals surface area contributed by atoms with Gasteiger partial charge >= 0.3 is 0 Å². The van der Waals surface area contributed by atoms with Crippen molar-refractivity contribution in [3.8, 4) is 11.4 Å². The van der Waals surface area contributed by atoms with Crippen molar-refractivity contribution in [3.05, 3.63) is 47.3 Å². The Balaban J connectivity index is 1.37. The predicted molar refractivity (Wildman–Crippen MR) is 129 cm³/mol. The van der Waals surface area contributed by atoms with Crippen molar-refractivity contribution in [2.75, 3.05) is 52.9 Å². The third-order valence-electron chi connectivity index (χ3n) is 6.97. The van der Waals surface area contributed by atoms with Gasteiger partial charge in [0, 0.05) is 56.3 Å². The van der Waals surface area contributed by atoms with Crippen molar-refractivity contribution in [2.24, 2.45) is 0 Å². The molecule has 0 atom stereocenters. The number of hydrogen-bond donors (Lipinski definition) is 0. The van der Waals surface area contributed by atoms with Crippen LogP contribution in [-0.4, -0.2) is 84.0 Å². The minimum absolute atomic E-state index is 0.0707. The van der Waals surface area contributed by atoms with Gasteiger partial charge in [0.15, 0.2) is 0 Å². The molecule has 1 aromatic carbocycles. The average Bonchev–Trinajstić information content (AvgIpc) is 3.00. The number of likely N-dealkylation sites (tertiary alicyclic amines) is 1. The Labute approximate surface area is 196 Å². The number of amides is 2. The fourth-order valence-corrected chi connectivity index (χ4v) is 5.00. The molecular formula is C26H36N4O3. The first-order valence-electron chi connectivity index (χ1n) is 12.1. The number of aryl methyl sites for hydroxylation is 1. The lowest BCUT2D eigenvalue weighted by molar-refractivity contribution is -0.132. The molecule has 178 valence electrons. The number of methoxy groups -OCH3 is 1. The lowest BCUT2D eigenvalue weighted by atomic mass is 10.2. The summed E-state index contributed by atoms with van der Waals surface area (Å²) in [6, 6.07) is 9.86. The molecule has 0 aliphatic carbocycles. The van der Waals surface area contributed by atoms with Gasteiger partial charge in [0.2, 0.25) is 5.91 Å². The summed E-state index contributed by atoms with van der Waals surface area (Å²) in [7, 11) is 1.66. The van der Waals surface area contributed by atoms with Gasteiger partial charge in [-0.1, -0.05) is 12.8 Å². The quantitative estimate of drug-likeness (QED) is 0.699. The molecule has 2 aromatic rings. The van der Waals surface area contributed by atoms with Crippen LogP contribution in [0.2, 0.25) is 0 Å². The highest BCUT2D eigenvalue weighted by atomic mass is 16.5. The second-order valence-corrected chi connectivity index (χ2v) is 9.18. The van der Waals surface area contributed by atoms with Crippen molar-refractivity contribution in [1.82, 2.24) is 19.3 Å². The first-order valence-corrected chi connectivity index (χ1v) is 12.1. The molecule has 2 aliphatic heterocycles. The number of aromatic nitrogens is 1. The first kappa shape index (κ1) is 23.4. The van der Waals surface area contributed by atoms with Gasteiger partial charge in [-0.3, -0.25) is 14.5 Å². The van der Waals surface area contributed by atoms with Gasteiger partial charge < -0.3 is 19.1 Å². The van der Waals surface area contributed by atoms with E-state index in [-0.39, 0.29) is 11.8 Å². The average molecular weight is 453 g/mol. The molecule has 0 bridgehead atoms. The number of benzene rings is 1. The molecule has 33 heavy (non-hydrogen) atoms. The van der Waals surface area contributed by atoms with Crippen molar-refractivity contribution in [3.63, 3.8) is 0 Å². The number of ether oxygens (including phenoxy) is 1. The van der Waals surface area contributed by atoms with Gasteiger partial charge in [-0.15, -0.1) is 0 Å². The molecule has 2 amide bonds. The Morgan fingerprint density at radius 2 is 1.48 bits per heavy atom. The van der Waals surface area contributed by atoms with E-state index in [1.807, 2.05) is 54.0 Å². The summed E-state index contributed by atoms with van der Waals surface area (Å²) in [6.07, 6.45) is 4.68. The van der Waals surface area contributed by atoms with E-state index in [2.05, 4.69) is 9.47 Å². The number of piperazine rings is 1. The molecule has 0 spiro atoms. The van der Waals surface area contributed by atoms with Crippen LogP contribution in [0.4, 0.5) is 0 Å². The lowest BCUT2D eigenvalue weighted by Crippen LogP contribution is -2.51. The fraction of sp³-hybridized carbons (Fsp3) is 0.538. The Hall–Kier alpha value is -2.80. The van der Waals surface area contributed by atoms with Gasteiger partial charge in [0.25, 0.3) is 5.91 Å². The van der Waals surface area contributed by atoms with Crippen LogP contribution in [-0.2, 0) is 4.79 Å². The molecule has 3 heterocycles. The van der Waals surface area contributed by atoms with Crippen LogP contribution < -0.4 is 4.74 Å². The van der Waals surface area contributed by atoms with E-state index < -0.39 is 0 Å². The van der Waals surface area contributed by atoms with E-state index in [4.69, 9.17) is 4.74 Å². The van der Waals surface area contributed by atoms with Crippen LogP contribution in [0.3, 0.4) is 0 Å². The number of carbonyl (C=O) groups is 2. The van der Waals surface area contributed by atoms with E-state index >= 15 is 0 Å². The molecule has 0 radical (unpaired) electrons. The summed E-state index contributed by atoms with van der Waals surface area (Å²) in [6.45, 7) is 9.05. The van der Waals surface area contributed by atoms with Crippen LogP contribution in [0.1, 0.15) is 47.4 Å². The van der Waals surface area contributed by atoms with Crippen LogP contribution in [0.5, 0.6) is 5.75 Å². The summed E-state index contributed by atoms with van der Waals surface area (Å²) < 4.78 is 7.38. The molecule has 2 saturated heterocycles. The highest BCUT2D eigenvalue weighted by Gasteiger charge is 2.27. The second-order valence-electron chi connectivity index (χ2n) is 9.18. The molecule has 7 nitrogen and oxygen atoms in total. The molecule has 1 aromatic heterocycles. The largest absolute Gasteiger partial charge is 0.497 e. The van der Waals surface area contributed by atoms with Crippen molar-refractivity contribution in [2.45, 2.75) is 39.5 Å². The molecule has 0 unspecified atom stereocenters. The molecule has 2 fully saturated rings. The first-order chi connectivity index (χ1) is 16.0. The number of nitrogens with zero attached hydrogens (tertiary/aromatic N) is 4. The number of hydrogen-bond acceptors (Lipinski definition) is 4. The molecule has 0 saturated carbocycles. The van der Waals surface area contributed by atoms with Crippen molar-refractivity contribution >= 4 is 11.8 Å². The van der Waals surface area contributed by atoms with Crippen LogP contribution in [0.15, 0.2) is 30.3 Å². The molecule has 0 N–H and O–H groups in total. The van der Waals surface area contributed by atoms with Gasteiger partial charge in [-0.25, -0.2) is 0 Å².